The van der Waals surface area contributed by atoms with Crippen molar-refractivity contribution in [2.24, 2.45) is 5.10 Å². The number of para-hydroxylation sites is 1. The summed E-state index contributed by atoms with van der Waals surface area (Å²) < 4.78 is 10.3. The summed E-state index contributed by atoms with van der Waals surface area (Å²) in [4.78, 5) is 18.1. The molecule has 0 unspecified atom stereocenters. The molecule has 174 valence electrons. The zero-order valence-corrected chi connectivity index (χ0v) is 23.4. The maximum absolute atomic E-state index is 13.4. The van der Waals surface area contributed by atoms with Crippen LogP contribution in [0.1, 0.15) is 43.1 Å². The number of nitrogens with zero attached hydrogens (tertiary/aromatic N) is 3. The Bertz CT molecular complexity index is 1430. The second-order valence-corrected chi connectivity index (χ2v) is 10.6. The lowest BCUT2D eigenvalue weighted by molar-refractivity contribution is 0.305. The van der Waals surface area contributed by atoms with Crippen LogP contribution in [0.2, 0.25) is 0 Å². The van der Waals surface area contributed by atoms with Gasteiger partial charge in [-0.3, -0.25) is 4.79 Å². The molecule has 1 aromatic heterocycles. The van der Waals surface area contributed by atoms with Crippen LogP contribution < -0.4 is 10.3 Å². The summed E-state index contributed by atoms with van der Waals surface area (Å²) in [7, 11) is 0. The molecule has 3 aromatic carbocycles. The minimum absolute atomic E-state index is 0.0687. The Hall–Kier alpha value is -2.29. The highest BCUT2D eigenvalue weighted by molar-refractivity contribution is 9.11. The zero-order chi connectivity index (χ0) is 24.2. The third-order valence-electron chi connectivity index (χ3n) is 5.52. The highest BCUT2D eigenvalue weighted by Gasteiger charge is 2.16. The lowest BCUT2D eigenvalue weighted by Gasteiger charge is -2.14. The van der Waals surface area contributed by atoms with E-state index in [-0.39, 0.29) is 11.5 Å². The number of hydrogen-bond donors (Lipinski definition) is 0. The molecule has 34 heavy (non-hydrogen) atoms. The summed E-state index contributed by atoms with van der Waals surface area (Å²) in [6.07, 6.45) is 2.50. The second kappa shape index (κ2) is 11.0. The van der Waals surface area contributed by atoms with Gasteiger partial charge in [-0.2, -0.15) is 9.78 Å². The SMILES string of the molecule is CC[C@@H](C)c1nc2ccc(Br)cc2c(=O)n1N=Cc1ccccc1OCc1ccc(Br)cc1Br. The number of ether oxygens (including phenoxy) is 1. The Balaban J connectivity index is 1.70. The molecule has 0 radical (unpaired) electrons. The molecule has 0 aliphatic carbocycles. The molecule has 1 heterocycles. The van der Waals surface area contributed by atoms with E-state index in [1.807, 2.05) is 61.5 Å². The number of benzene rings is 3. The van der Waals surface area contributed by atoms with Gasteiger partial charge in [0.05, 0.1) is 17.1 Å². The first-order valence-corrected chi connectivity index (χ1v) is 13.2. The van der Waals surface area contributed by atoms with Crippen LogP contribution in [-0.4, -0.2) is 15.9 Å². The van der Waals surface area contributed by atoms with Crippen molar-refractivity contribution in [1.82, 2.24) is 9.66 Å². The molecule has 0 spiro atoms. The van der Waals surface area contributed by atoms with Gasteiger partial charge in [-0.25, -0.2) is 4.98 Å². The van der Waals surface area contributed by atoms with Gasteiger partial charge < -0.3 is 4.74 Å². The van der Waals surface area contributed by atoms with E-state index in [4.69, 9.17) is 9.72 Å². The van der Waals surface area contributed by atoms with Crippen LogP contribution in [0.3, 0.4) is 0 Å². The molecule has 4 aromatic rings. The fraction of sp³-hybridized carbons (Fsp3) is 0.192. The van der Waals surface area contributed by atoms with E-state index in [9.17, 15) is 4.79 Å². The van der Waals surface area contributed by atoms with Crippen molar-refractivity contribution < 1.29 is 4.74 Å². The number of aromatic nitrogens is 2. The zero-order valence-electron chi connectivity index (χ0n) is 18.6. The van der Waals surface area contributed by atoms with Crippen LogP contribution in [-0.2, 0) is 6.61 Å². The molecule has 4 rings (SSSR count). The first kappa shape index (κ1) is 24.8. The van der Waals surface area contributed by atoms with Crippen LogP contribution >= 0.6 is 47.8 Å². The van der Waals surface area contributed by atoms with E-state index in [1.165, 1.54) is 4.68 Å². The lowest BCUT2D eigenvalue weighted by Crippen LogP contribution is -2.23. The fourth-order valence-electron chi connectivity index (χ4n) is 3.41. The summed E-state index contributed by atoms with van der Waals surface area (Å²) in [5.41, 5.74) is 2.26. The van der Waals surface area contributed by atoms with Crippen molar-refractivity contribution in [1.29, 1.82) is 0 Å². The van der Waals surface area contributed by atoms with Crippen LogP contribution in [0.4, 0.5) is 0 Å². The number of hydrogen-bond acceptors (Lipinski definition) is 4. The Labute approximate surface area is 223 Å². The smallest absolute Gasteiger partial charge is 0.282 e. The van der Waals surface area contributed by atoms with Gasteiger partial charge >= 0.3 is 0 Å². The summed E-state index contributed by atoms with van der Waals surface area (Å²) >= 11 is 10.5. The molecule has 0 saturated carbocycles. The van der Waals surface area contributed by atoms with Crippen molar-refractivity contribution >= 4 is 64.9 Å². The van der Waals surface area contributed by atoms with Crippen LogP contribution in [0, 0.1) is 0 Å². The van der Waals surface area contributed by atoms with E-state index < -0.39 is 0 Å². The standard InChI is InChI=1S/C26H22Br3N3O2/c1-3-16(2)25-31-23-11-10-19(27)12-21(23)26(33)32(25)30-14-17-6-4-5-7-24(17)34-15-18-8-9-20(28)13-22(18)29/h4-14,16H,3,15H2,1-2H3/t16-/m1/s1. The maximum Gasteiger partial charge on any atom is 0.282 e. The van der Waals surface area contributed by atoms with Gasteiger partial charge in [0.15, 0.2) is 0 Å². The predicted molar refractivity (Wildman–Crippen MR) is 148 cm³/mol. The Morgan fingerprint density at radius 3 is 2.56 bits per heavy atom. The van der Waals surface area contributed by atoms with Gasteiger partial charge in [-0.1, -0.05) is 79.8 Å². The average molecular weight is 648 g/mol. The third-order valence-corrected chi connectivity index (χ3v) is 7.24. The summed E-state index contributed by atoms with van der Waals surface area (Å²) in [6, 6.07) is 19.1. The van der Waals surface area contributed by atoms with Crippen molar-refractivity contribution in [2.75, 3.05) is 0 Å². The molecule has 0 N–H and O–H groups in total. The van der Waals surface area contributed by atoms with E-state index >= 15 is 0 Å². The van der Waals surface area contributed by atoms with Gasteiger partial charge in [0.2, 0.25) is 0 Å². The monoisotopic (exact) mass is 645 g/mol. The maximum atomic E-state index is 13.4. The molecule has 8 heteroatoms. The normalized spacial score (nSPS) is 12.4. The van der Waals surface area contributed by atoms with Gasteiger partial charge in [0.25, 0.3) is 5.56 Å². The van der Waals surface area contributed by atoms with Crippen LogP contribution in [0.15, 0.2) is 84.0 Å². The quantitative estimate of drug-likeness (QED) is 0.194. The van der Waals surface area contributed by atoms with Crippen LogP contribution in [0.25, 0.3) is 10.9 Å². The Morgan fingerprint density at radius 1 is 1.06 bits per heavy atom. The largest absolute Gasteiger partial charge is 0.488 e. The van der Waals surface area contributed by atoms with Crippen molar-refractivity contribution in [2.45, 2.75) is 32.8 Å². The second-order valence-electron chi connectivity index (χ2n) is 7.86. The molecule has 0 aliphatic heterocycles. The van der Waals surface area contributed by atoms with Crippen LogP contribution in [0.5, 0.6) is 5.75 Å². The molecule has 0 bridgehead atoms. The number of halogens is 3. The Morgan fingerprint density at radius 2 is 1.79 bits per heavy atom. The van der Waals surface area contributed by atoms with Crippen molar-refractivity contribution in [3.63, 3.8) is 0 Å². The number of rotatable bonds is 7. The van der Waals surface area contributed by atoms with E-state index in [0.717, 1.165) is 31.0 Å². The lowest BCUT2D eigenvalue weighted by atomic mass is 10.1. The minimum Gasteiger partial charge on any atom is -0.488 e. The van der Waals surface area contributed by atoms with Gasteiger partial charge in [-0.05, 0) is 48.9 Å². The van der Waals surface area contributed by atoms with E-state index in [1.54, 1.807) is 12.3 Å². The molecular weight excluding hydrogens is 626 g/mol. The molecule has 0 aliphatic rings. The Kier molecular flexibility index (Phi) is 8.01. The molecule has 0 saturated heterocycles. The van der Waals surface area contributed by atoms with Gasteiger partial charge in [0, 0.05) is 30.5 Å². The molecule has 0 fully saturated rings. The summed E-state index contributed by atoms with van der Waals surface area (Å²) in [6.45, 7) is 4.51. The highest BCUT2D eigenvalue weighted by Crippen LogP contribution is 2.25. The topological polar surface area (TPSA) is 56.5 Å². The van der Waals surface area contributed by atoms with Gasteiger partial charge in [-0.15, -0.1) is 0 Å². The average Bonchev–Trinajstić information content (AvgIpc) is 2.83. The number of fused-ring (bicyclic) bond motifs is 1. The van der Waals surface area contributed by atoms with E-state index in [0.29, 0.717) is 29.1 Å². The molecule has 0 amide bonds. The fourth-order valence-corrected chi connectivity index (χ4v) is 4.93. The van der Waals surface area contributed by atoms with Gasteiger partial charge in [0.1, 0.15) is 18.2 Å². The first-order chi connectivity index (χ1) is 16.4. The summed E-state index contributed by atoms with van der Waals surface area (Å²) in [5, 5.41) is 5.09. The molecular formula is C26H22Br3N3O2. The molecule has 5 nitrogen and oxygen atoms in total. The molecule has 1 atom stereocenters. The summed E-state index contributed by atoms with van der Waals surface area (Å²) in [5.74, 6) is 1.38. The first-order valence-electron chi connectivity index (χ1n) is 10.8. The predicted octanol–water partition coefficient (Wildman–Crippen LogP) is 7.66. The van der Waals surface area contributed by atoms with Crippen molar-refractivity contribution in [3.05, 3.63) is 101 Å². The van der Waals surface area contributed by atoms with E-state index in [2.05, 4.69) is 59.8 Å². The third kappa shape index (κ3) is 5.50. The van der Waals surface area contributed by atoms with Crippen molar-refractivity contribution in [3.8, 4) is 5.75 Å². The minimum atomic E-state index is -0.199. The highest BCUT2D eigenvalue weighted by atomic mass is 79.9.